The predicted molar refractivity (Wildman–Crippen MR) is 222 cm³/mol. The Labute approximate surface area is 303 Å². The maximum atomic E-state index is 2.50. The summed E-state index contributed by atoms with van der Waals surface area (Å²) in [5.41, 5.74) is 15.2. The molecule has 248 valence electrons. The SMILES string of the molecule is CCc1ccccc1-c1c(CC)cccc1-n1c2ccccc2c2cc(-c3ccc4c(c3)c3ccccc3n4-c3ccc4ccccc4c3)ccc21. The van der Waals surface area contributed by atoms with Crippen LogP contribution in [-0.4, -0.2) is 9.13 Å². The summed E-state index contributed by atoms with van der Waals surface area (Å²) in [5, 5.41) is 7.57. The van der Waals surface area contributed by atoms with Crippen LogP contribution in [0, 0.1) is 0 Å². The lowest BCUT2D eigenvalue weighted by Crippen LogP contribution is -2.02. The minimum Gasteiger partial charge on any atom is -0.309 e. The van der Waals surface area contributed by atoms with Gasteiger partial charge >= 0.3 is 0 Å². The predicted octanol–water partition coefficient (Wildman–Crippen LogP) is 13.5. The zero-order valence-corrected chi connectivity index (χ0v) is 29.5. The topological polar surface area (TPSA) is 9.86 Å². The van der Waals surface area contributed by atoms with Gasteiger partial charge in [-0.1, -0.05) is 129 Å². The molecule has 0 amide bonds. The van der Waals surface area contributed by atoms with E-state index in [4.69, 9.17) is 0 Å². The van der Waals surface area contributed by atoms with Crippen molar-refractivity contribution in [1.29, 1.82) is 0 Å². The van der Waals surface area contributed by atoms with Crippen molar-refractivity contribution >= 4 is 54.4 Å². The molecule has 0 radical (unpaired) electrons. The van der Waals surface area contributed by atoms with Crippen molar-refractivity contribution in [2.75, 3.05) is 0 Å². The van der Waals surface area contributed by atoms with Crippen LogP contribution in [0.1, 0.15) is 25.0 Å². The van der Waals surface area contributed by atoms with Crippen LogP contribution in [0.25, 0.3) is 88.0 Å². The molecule has 8 aromatic carbocycles. The third-order valence-corrected chi connectivity index (χ3v) is 11.1. The van der Waals surface area contributed by atoms with E-state index in [-0.39, 0.29) is 0 Å². The molecule has 2 aromatic heterocycles. The number of rotatable bonds is 6. The second-order valence-corrected chi connectivity index (χ2v) is 13.9. The second-order valence-electron chi connectivity index (χ2n) is 13.9. The molecule has 0 aliphatic carbocycles. The van der Waals surface area contributed by atoms with E-state index in [2.05, 4.69) is 193 Å². The lowest BCUT2D eigenvalue weighted by Gasteiger charge is -2.19. The molecular weight excluding hydrogens is 629 g/mol. The summed E-state index contributed by atoms with van der Waals surface area (Å²) >= 11 is 0. The zero-order chi connectivity index (χ0) is 34.8. The minimum atomic E-state index is 0.974. The van der Waals surface area contributed by atoms with Gasteiger partial charge in [0.05, 0.1) is 27.8 Å². The lowest BCUT2D eigenvalue weighted by molar-refractivity contribution is 1.09. The van der Waals surface area contributed by atoms with Crippen molar-refractivity contribution in [2.24, 2.45) is 0 Å². The molecule has 0 aliphatic rings. The summed E-state index contributed by atoms with van der Waals surface area (Å²) in [7, 11) is 0. The standard InChI is InChI=1S/C50H38N2/c1-3-33-14-7-8-18-40(33)50-34(4-2)17-13-23-49(50)52-46-22-12-10-20-42(46)44-32-38(26-29-48(44)52)37-25-28-47-43(31-37)41-19-9-11-21-45(41)51(47)39-27-24-35-15-5-6-16-36(35)30-39/h5-32H,3-4H2,1-2H3. The first-order valence-corrected chi connectivity index (χ1v) is 18.5. The van der Waals surface area contributed by atoms with E-state index in [1.807, 2.05) is 0 Å². The van der Waals surface area contributed by atoms with Gasteiger partial charge in [0, 0.05) is 32.8 Å². The normalized spacial score (nSPS) is 11.8. The first-order valence-electron chi connectivity index (χ1n) is 18.5. The van der Waals surface area contributed by atoms with Gasteiger partial charge in [-0.05, 0) is 106 Å². The molecule has 0 bridgehead atoms. The molecule has 0 saturated heterocycles. The summed E-state index contributed by atoms with van der Waals surface area (Å²) in [4.78, 5) is 0. The molecule has 2 nitrogen and oxygen atoms in total. The Morgan fingerprint density at radius 3 is 1.65 bits per heavy atom. The molecule has 2 heteroatoms. The lowest BCUT2D eigenvalue weighted by atomic mass is 9.91. The van der Waals surface area contributed by atoms with Gasteiger partial charge in [0.25, 0.3) is 0 Å². The molecule has 0 fully saturated rings. The van der Waals surface area contributed by atoms with E-state index in [0.717, 1.165) is 12.8 Å². The largest absolute Gasteiger partial charge is 0.309 e. The Morgan fingerprint density at radius 2 is 0.942 bits per heavy atom. The molecule has 10 rings (SSSR count). The number of para-hydroxylation sites is 2. The molecule has 0 atom stereocenters. The average Bonchev–Trinajstić information content (AvgIpc) is 3.72. The Morgan fingerprint density at radius 1 is 0.385 bits per heavy atom. The first kappa shape index (κ1) is 30.4. The summed E-state index contributed by atoms with van der Waals surface area (Å²) in [5.74, 6) is 0. The fourth-order valence-corrected chi connectivity index (χ4v) is 8.61. The van der Waals surface area contributed by atoms with Crippen molar-refractivity contribution in [2.45, 2.75) is 26.7 Å². The summed E-state index contributed by atoms with van der Waals surface area (Å²) in [6, 6.07) is 62.9. The van der Waals surface area contributed by atoms with Gasteiger partial charge < -0.3 is 9.13 Å². The summed E-state index contributed by atoms with van der Waals surface area (Å²) < 4.78 is 4.91. The third-order valence-electron chi connectivity index (χ3n) is 11.1. The number of aryl methyl sites for hydroxylation is 2. The summed E-state index contributed by atoms with van der Waals surface area (Å²) in [6.07, 6.45) is 1.97. The van der Waals surface area contributed by atoms with E-state index in [1.54, 1.807) is 0 Å². The number of aromatic nitrogens is 2. The smallest absolute Gasteiger partial charge is 0.0543 e. The number of fused-ring (bicyclic) bond motifs is 7. The molecule has 52 heavy (non-hydrogen) atoms. The van der Waals surface area contributed by atoms with Crippen LogP contribution in [0.15, 0.2) is 170 Å². The average molecular weight is 667 g/mol. The number of hydrogen-bond acceptors (Lipinski definition) is 0. The number of hydrogen-bond donors (Lipinski definition) is 0. The number of nitrogens with zero attached hydrogens (tertiary/aromatic N) is 2. The third kappa shape index (κ3) is 4.64. The Balaban J connectivity index is 1.17. The summed E-state index contributed by atoms with van der Waals surface area (Å²) in [6.45, 7) is 4.53. The van der Waals surface area contributed by atoms with Crippen LogP contribution in [0.5, 0.6) is 0 Å². The van der Waals surface area contributed by atoms with Gasteiger partial charge in [0.1, 0.15) is 0 Å². The molecule has 0 unspecified atom stereocenters. The van der Waals surface area contributed by atoms with Crippen LogP contribution in [0.2, 0.25) is 0 Å². The van der Waals surface area contributed by atoms with Gasteiger partial charge in [-0.25, -0.2) is 0 Å². The van der Waals surface area contributed by atoms with Gasteiger partial charge in [-0.3, -0.25) is 0 Å². The van der Waals surface area contributed by atoms with E-state index in [9.17, 15) is 0 Å². The molecule has 0 spiro atoms. The Hall–Kier alpha value is -6.38. The van der Waals surface area contributed by atoms with Crippen molar-refractivity contribution in [1.82, 2.24) is 9.13 Å². The van der Waals surface area contributed by atoms with Crippen molar-refractivity contribution < 1.29 is 0 Å². The molecule has 0 aliphatic heterocycles. The fraction of sp³-hybridized carbons (Fsp3) is 0.0800. The highest BCUT2D eigenvalue weighted by Gasteiger charge is 2.20. The molecule has 2 heterocycles. The molecular formula is C50H38N2. The van der Waals surface area contributed by atoms with Crippen molar-refractivity contribution in [3.63, 3.8) is 0 Å². The zero-order valence-electron chi connectivity index (χ0n) is 29.5. The van der Waals surface area contributed by atoms with Crippen LogP contribution >= 0.6 is 0 Å². The van der Waals surface area contributed by atoms with E-state index in [0.29, 0.717) is 0 Å². The molecule has 0 N–H and O–H groups in total. The van der Waals surface area contributed by atoms with Crippen LogP contribution < -0.4 is 0 Å². The van der Waals surface area contributed by atoms with Gasteiger partial charge in [0.15, 0.2) is 0 Å². The highest BCUT2D eigenvalue weighted by atomic mass is 15.0. The van der Waals surface area contributed by atoms with Crippen LogP contribution in [-0.2, 0) is 12.8 Å². The quantitative estimate of drug-likeness (QED) is 0.167. The highest BCUT2D eigenvalue weighted by molar-refractivity contribution is 6.13. The van der Waals surface area contributed by atoms with Gasteiger partial charge in [-0.15, -0.1) is 0 Å². The number of benzene rings is 8. The monoisotopic (exact) mass is 666 g/mol. The van der Waals surface area contributed by atoms with Gasteiger partial charge in [0.2, 0.25) is 0 Å². The van der Waals surface area contributed by atoms with Gasteiger partial charge in [-0.2, -0.15) is 0 Å². The Bertz CT molecular complexity index is 2990. The fourth-order valence-electron chi connectivity index (χ4n) is 8.61. The van der Waals surface area contributed by atoms with E-state index in [1.165, 1.54) is 99.1 Å². The second kappa shape index (κ2) is 12.1. The van der Waals surface area contributed by atoms with Crippen LogP contribution in [0.3, 0.4) is 0 Å². The minimum absolute atomic E-state index is 0.974. The maximum Gasteiger partial charge on any atom is 0.0543 e. The molecule has 0 saturated carbocycles. The molecule has 10 aromatic rings. The highest BCUT2D eigenvalue weighted by Crippen LogP contribution is 2.41. The first-order chi connectivity index (χ1) is 25.7. The van der Waals surface area contributed by atoms with Crippen LogP contribution in [0.4, 0.5) is 0 Å². The van der Waals surface area contributed by atoms with Crippen molar-refractivity contribution in [3.8, 4) is 33.6 Å². The van der Waals surface area contributed by atoms with E-state index >= 15 is 0 Å². The van der Waals surface area contributed by atoms with E-state index < -0.39 is 0 Å². The maximum absolute atomic E-state index is 2.50. The van der Waals surface area contributed by atoms with Crippen molar-refractivity contribution in [3.05, 3.63) is 181 Å². The Kier molecular flexibility index (Phi) is 7.11.